The van der Waals surface area contributed by atoms with Crippen LogP contribution >= 0.6 is 11.8 Å². The van der Waals surface area contributed by atoms with Gasteiger partial charge in [0.15, 0.2) is 0 Å². The molecule has 0 aromatic heterocycles. The number of carbonyl (C=O) groups is 3. The Morgan fingerprint density at radius 3 is 2.41 bits per heavy atom. The number of hydrogen-bond acceptors (Lipinski definition) is 8. The molecule has 0 saturated heterocycles. The van der Waals surface area contributed by atoms with E-state index in [1.165, 1.54) is 13.3 Å². The molecule has 1 aliphatic heterocycles. The number of ether oxygens (including phenoxy) is 3. The van der Waals surface area contributed by atoms with Crippen LogP contribution in [0.5, 0.6) is 0 Å². The zero-order valence-electron chi connectivity index (χ0n) is 12.9. The van der Waals surface area contributed by atoms with Gasteiger partial charge in [-0.15, -0.1) is 0 Å². The molecular weight excluding hydrogens is 310 g/mol. The zero-order valence-corrected chi connectivity index (χ0v) is 13.7. The van der Waals surface area contributed by atoms with Gasteiger partial charge in [0.1, 0.15) is 5.25 Å². The van der Waals surface area contributed by atoms with Crippen molar-refractivity contribution in [2.45, 2.75) is 26.0 Å². The summed E-state index contributed by atoms with van der Waals surface area (Å²) in [6.07, 6.45) is 1.36. The van der Waals surface area contributed by atoms with Crippen LogP contribution in [0.25, 0.3) is 0 Å². The summed E-state index contributed by atoms with van der Waals surface area (Å²) in [6, 6.07) is 0. The Balaban J connectivity index is 3.12. The Kier molecular flexibility index (Phi) is 6.97. The first kappa shape index (κ1) is 18.1. The molecule has 7 nitrogen and oxygen atoms in total. The molecule has 0 amide bonds. The van der Waals surface area contributed by atoms with Gasteiger partial charge in [-0.25, -0.2) is 9.59 Å². The van der Waals surface area contributed by atoms with E-state index in [2.05, 4.69) is 10.1 Å². The smallest absolute Gasteiger partial charge is 0.337 e. The zero-order chi connectivity index (χ0) is 16.7. The number of hydrogen-bond donors (Lipinski definition) is 1. The van der Waals surface area contributed by atoms with Crippen molar-refractivity contribution in [1.29, 1.82) is 0 Å². The van der Waals surface area contributed by atoms with Crippen LogP contribution in [0.15, 0.2) is 22.4 Å². The summed E-state index contributed by atoms with van der Waals surface area (Å²) in [5.74, 6) is -1.69. The number of methoxy groups -OCH3 is 1. The van der Waals surface area contributed by atoms with Crippen molar-refractivity contribution >= 4 is 29.7 Å². The maximum Gasteiger partial charge on any atom is 0.337 e. The number of rotatable bonds is 5. The van der Waals surface area contributed by atoms with E-state index in [1.54, 1.807) is 20.8 Å². The molecule has 1 N–H and O–H groups in total. The van der Waals surface area contributed by atoms with E-state index in [0.717, 1.165) is 11.8 Å². The number of carbonyl (C=O) groups excluding carboxylic acids is 3. The summed E-state index contributed by atoms with van der Waals surface area (Å²) in [6.45, 7) is 5.29. The summed E-state index contributed by atoms with van der Waals surface area (Å²) in [5, 5.41) is 2.36. The van der Waals surface area contributed by atoms with E-state index in [0.29, 0.717) is 10.6 Å². The SMILES string of the molecule is CCOC(=O)C1=CN/C(=C(\C)C(=O)OC)S[C@@H]1C(=O)OCC. The van der Waals surface area contributed by atoms with E-state index in [9.17, 15) is 14.4 Å². The van der Waals surface area contributed by atoms with Gasteiger partial charge in [-0.1, -0.05) is 11.8 Å². The van der Waals surface area contributed by atoms with Crippen LogP contribution in [0.4, 0.5) is 0 Å². The maximum atomic E-state index is 12.1. The van der Waals surface area contributed by atoms with Crippen molar-refractivity contribution in [3.05, 3.63) is 22.4 Å². The molecule has 1 atom stereocenters. The molecule has 0 bridgehead atoms. The van der Waals surface area contributed by atoms with Gasteiger partial charge < -0.3 is 19.5 Å². The van der Waals surface area contributed by atoms with Gasteiger partial charge in [0.05, 0.1) is 36.5 Å². The van der Waals surface area contributed by atoms with Gasteiger partial charge in [-0.05, 0) is 20.8 Å². The average Bonchev–Trinajstić information content (AvgIpc) is 2.53. The standard InChI is InChI=1S/C14H19NO6S/c1-5-20-13(17)9-7-15-11(8(3)12(16)19-4)22-10(9)14(18)21-6-2/h7,10,15H,5-6H2,1-4H3/b11-8-/t10-/m0/s1. The lowest BCUT2D eigenvalue weighted by molar-refractivity contribution is -0.145. The molecule has 1 heterocycles. The molecule has 0 aromatic carbocycles. The summed E-state index contributed by atoms with van der Waals surface area (Å²) in [5.41, 5.74) is 0.452. The van der Waals surface area contributed by atoms with Crippen LogP contribution in [0.2, 0.25) is 0 Å². The minimum Gasteiger partial charge on any atom is -0.466 e. The molecule has 0 aromatic rings. The first-order valence-electron chi connectivity index (χ1n) is 6.72. The summed E-state index contributed by atoms with van der Waals surface area (Å²) in [7, 11) is 1.27. The third-order valence-corrected chi connectivity index (χ3v) is 4.06. The fraction of sp³-hybridized carbons (Fsp3) is 0.500. The Labute approximate surface area is 133 Å². The quantitative estimate of drug-likeness (QED) is 0.456. The monoisotopic (exact) mass is 329 g/mol. The van der Waals surface area contributed by atoms with Crippen molar-refractivity contribution in [3.8, 4) is 0 Å². The molecule has 22 heavy (non-hydrogen) atoms. The van der Waals surface area contributed by atoms with E-state index in [-0.39, 0.29) is 18.8 Å². The van der Waals surface area contributed by atoms with Crippen molar-refractivity contribution in [3.63, 3.8) is 0 Å². The van der Waals surface area contributed by atoms with E-state index < -0.39 is 23.2 Å². The van der Waals surface area contributed by atoms with Gasteiger partial charge in [0.25, 0.3) is 0 Å². The highest BCUT2D eigenvalue weighted by Gasteiger charge is 2.35. The Morgan fingerprint density at radius 2 is 1.86 bits per heavy atom. The Morgan fingerprint density at radius 1 is 1.23 bits per heavy atom. The predicted octanol–water partition coefficient (Wildman–Crippen LogP) is 1.11. The molecule has 8 heteroatoms. The predicted molar refractivity (Wildman–Crippen MR) is 80.6 cm³/mol. The van der Waals surface area contributed by atoms with E-state index in [4.69, 9.17) is 9.47 Å². The van der Waals surface area contributed by atoms with Crippen molar-refractivity contribution < 1.29 is 28.6 Å². The fourth-order valence-electron chi connectivity index (χ4n) is 1.65. The summed E-state index contributed by atoms with van der Waals surface area (Å²) in [4.78, 5) is 35.6. The van der Waals surface area contributed by atoms with Crippen LogP contribution in [-0.2, 0) is 28.6 Å². The van der Waals surface area contributed by atoms with Gasteiger partial charge in [0, 0.05) is 6.20 Å². The minimum atomic E-state index is -0.894. The third-order valence-electron chi connectivity index (χ3n) is 2.72. The van der Waals surface area contributed by atoms with Crippen LogP contribution < -0.4 is 5.32 Å². The fourth-order valence-corrected chi connectivity index (χ4v) is 2.73. The molecule has 1 aliphatic rings. The molecule has 0 aliphatic carbocycles. The lowest BCUT2D eigenvalue weighted by Gasteiger charge is -2.24. The first-order chi connectivity index (χ1) is 10.5. The molecule has 0 fully saturated rings. The largest absolute Gasteiger partial charge is 0.466 e. The van der Waals surface area contributed by atoms with Crippen LogP contribution in [-0.4, -0.2) is 43.5 Å². The lowest BCUT2D eigenvalue weighted by atomic mass is 10.2. The molecule has 0 radical (unpaired) electrons. The third kappa shape index (κ3) is 4.27. The van der Waals surface area contributed by atoms with Gasteiger partial charge in [-0.2, -0.15) is 0 Å². The number of esters is 3. The summed E-state index contributed by atoms with van der Waals surface area (Å²) < 4.78 is 14.6. The molecule has 0 unspecified atom stereocenters. The van der Waals surface area contributed by atoms with Gasteiger partial charge >= 0.3 is 17.9 Å². The molecular formula is C14H19NO6S. The Bertz CT molecular complexity index is 525. The topological polar surface area (TPSA) is 90.9 Å². The maximum absolute atomic E-state index is 12.1. The van der Waals surface area contributed by atoms with E-state index in [1.807, 2.05) is 0 Å². The first-order valence-corrected chi connectivity index (χ1v) is 7.60. The van der Waals surface area contributed by atoms with Crippen LogP contribution in [0, 0.1) is 0 Å². The molecule has 1 rings (SSSR count). The second-order valence-electron chi connectivity index (χ2n) is 4.16. The van der Waals surface area contributed by atoms with E-state index >= 15 is 0 Å². The van der Waals surface area contributed by atoms with Crippen molar-refractivity contribution in [2.24, 2.45) is 0 Å². The van der Waals surface area contributed by atoms with Gasteiger partial charge in [-0.3, -0.25) is 4.79 Å². The number of nitrogens with one attached hydrogen (secondary N) is 1. The summed E-state index contributed by atoms with van der Waals surface area (Å²) >= 11 is 1.02. The van der Waals surface area contributed by atoms with Crippen LogP contribution in [0.1, 0.15) is 20.8 Å². The Hall–Kier alpha value is -1.96. The van der Waals surface area contributed by atoms with Crippen LogP contribution in [0.3, 0.4) is 0 Å². The second-order valence-corrected chi connectivity index (χ2v) is 5.28. The minimum absolute atomic E-state index is 0.145. The number of thioether (sulfide) groups is 1. The molecule has 0 spiro atoms. The average molecular weight is 329 g/mol. The highest BCUT2D eigenvalue weighted by atomic mass is 32.2. The molecule has 0 saturated carbocycles. The van der Waals surface area contributed by atoms with Crippen molar-refractivity contribution in [2.75, 3.05) is 20.3 Å². The molecule has 122 valence electrons. The second kappa shape index (κ2) is 8.47. The normalized spacial score (nSPS) is 19.5. The van der Waals surface area contributed by atoms with Crippen molar-refractivity contribution in [1.82, 2.24) is 5.32 Å². The highest BCUT2D eigenvalue weighted by molar-refractivity contribution is 8.04. The highest BCUT2D eigenvalue weighted by Crippen LogP contribution is 2.33. The van der Waals surface area contributed by atoms with Gasteiger partial charge in [0.2, 0.25) is 0 Å². The lowest BCUT2D eigenvalue weighted by Crippen LogP contribution is -2.33.